The van der Waals surface area contributed by atoms with E-state index in [2.05, 4.69) is 11.4 Å². The van der Waals surface area contributed by atoms with Gasteiger partial charge in [-0.25, -0.2) is 4.79 Å². The van der Waals surface area contributed by atoms with E-state index in [1.807, 2.05) is 31.2 Å². The predicted molar refractivity (Wildman–Crippen MR) is 67.1 cm³/mol. The highest BCUT2D eigenvalue weighted by Gasteiger charge is 2.27. The molecule has 2 amide bonds. The van der Waals surface area contributed by atoms with Gasteiger partial charge in [-0.2, -0.15) is 5.26 Å². The highest BCUT2D eigenvalue weighted by Crippen LogP contribution is 2.13. The number of nitrogens with zero attached hydrogens (tertiary/aromatic N) is 2. The molecule has 5 nitrogen and oxygen atoms in total. The van der Waals surface area contributed by atoms with Gasteiger partial charge in [0, 0.05) is 12.2 Å². The number of benzene rings is 1. The zero-order chi connectivity index (χ0) is 13.0. The van der Waals surface area contributed by atoms with Crippen molar-refractivity contribution in [2.45, 2.75) is 13.0 Å². The first kappa shape index (κ1) is 12.4. The van der Waals surface area contributed by atoms with E-state index in [1.165, 1.54) is 4.90 Å². The lowest BCUT2D eigenvalue weighted by atomic mass is 10.2. The third-order valence-electron chi connectivity index (χ3n) is 2.81. The van der Waals surface area contributed by atoms with Crippen molar-refractivity contribution < 1.29 is 9.53 Å². The van der Waals surface area contributed by atoms with E-state index in [-0.39, 0.29) is 12.6 Å². The molecule has 1 aromatic carbocycles. The van der Waals surface area contributed by atoms with Crippen molar-refractivity contribution in [2.24, 2.45) is 0 Å². The molecule has 1 aromatic rings. The molecule has 0 aromatic heterocycles. The first-order valence-corrected chi connectivity index (χ1v) is 5.82. The molecule has 0 aliphatic carbocycles. The zero-order valence-electron chi connectivity index (χ0n) is 10.2. The minimum atomic E-state index is -0.511. The molecule has 1 aliphatic heterocycles. The number of carbonyl (C=O) groups excluding carboxylic acids is 1. The number of urea groups is 1. The summed E-state index contributed by atoms with van der Waals surface area (Å²) in [6.45, 7) is 3.15. The molecule has 1 heterocycles. The first-order valence-electron chi connectivity index (χ1n) is 5.82. The van der Waals surface area contributed by atoms with E-state index < -0.39 is 6.04 Å². The largest absolute Gasteiger partial charge is 0.376 e. The van der Waals surface area contributed by atoms with Crippen LogP contribution in [0.15, 0.2) is 24.3 Å². The number of ether oxygens (including phenoxy) is 1. The van der Waals surface area contributed by atoms with Crippen LogP contribution in [0.2, 0.25) is 0 Å². The number of carbonyl (C=O) groups is 1. The Kier molecular flexibility index (Phi) is 3.80. The van der Waals surface area contributed by atoms with E-state index >= 15 is 0 Å². The average molecular weight is 245 g/mol. The number of aryl methyl sites for hydroxylation is 1. The van der Waals surface area contributed by atoms with E-state index in [1.54, 1.807) is 0 Å². The quantitative estimate of drug-likeness (QED) is 0.819. The summed E-state index contributed by atoms with van der Waals surface area (Å²) < 4.78 is 5.18. The van der Waals surface area contributed by atoms with Gasteiger partial charge in [-0.3, -0.25) is 0 Å². The Hall–Kier alpha value is -2.06. The van der Waals surface area contributed by atoms with Gasteiger partial charge in [0.05, 0.1) is 19.3 Å². The fourth-order valence-corrected chi connectivity index (χ4v) is 1.87. The molecule has 1 atom stereocenters. The van der Waals surface area contributed by atoms with Crippen LogP contribution < -0.4 is 5.32 Å². The zero-order valence-corrected chi connectivity index (χ0v) is 10.2. The number of hydrogen-bond acceptors (Lipinski definition) is 3. The van der Waals surface area contributed by atoms with Crippen molar-refractivity contribution in [3.63, 3.8) is 0 Å². The van der Waals surface area contributed by atoms with E-state index in [9.17, 15) is 4.79 Å². The van der Waals surface area contributed by atoms with Crippen molar-refractivity contribution in [3.8, 4) is 6.07 Å². The summed E-state index contributed by atoms with van der Waals surface area (Å²) in [4.78, 5) is 13.6. The minimum Gasteiger partial charge on any atom is -0.376 e. The molecule has 1 fully saturated rings. The fourth-order valence-electron chi connectivity index (χ4n) is 1.87. The first-order chi connectivity index (χ1) is 8.70. The average Bonchev–Trinajstić information content (AvgIpc) is 2.38. The number of amides is 2. The van der Waals surface area contributed by atoms with Gasteiger partial charge in [0.25, 0.3) is 0 Å². The van der Waals surface area contributed by atoms with Crippen LogP contribution in [0.3, 0.4) is 0 Å². The lowest BCUT2D eigenvalue weighted by molar-refractivity contribution is 0.0341. The second kappa shape index (κ2) is 5.52. The van der Waals surface area contributed by atoms with Crippen LogP contribution >= 0.6 is 0 Å². The van der Waals surface area contributed by atoms with Crippen molar-refractivity contribution in [2.75, 3.05) is 25.1 Å². The molecule has 1 N–H and O–H groups in total. The van der Waals surface area contributed by atoms with Gasteiger partial charge in [-0.05, 0) is 24.6 Å². The minimum absolute atomic E-state index is 0.254. The van der Waals surface area contributed by atoms with Crippen LogP contribution in [0.25, 0.3) is 0 Å². The molecule has 1 aliphatic rings. The number of anilines is 1. The van der Waals surface area contributed by atoms with Gasteiger partial charge < -0.3 is 15.0 Å². The highest BCUT2D eigenvalue weighted by atomic mass is 16.5. The van der Waals surface area contributed by atoms with Crippen molar-refractivity contribution in [1.82, 2.24) is 4.90 Å². The highest BCUT2D eigenvalue weighted by molar-refractivity contribution is 5.89. The maximum absolute atomic E-state index is 12.1. The normalized spacial score (nSPS) is 19.1. The Morgan fingerprint density at radius 3 is 3.17 bits per heavy atom. The van der Waals surface area contributed by atoms with Crippen LogP contribution in [0, 0.1) is 18.3 Å². The fraction of sp³-hybridized carbons (Fsp3) is 0.385. The van der Waals surface area contributed by atoms with E-state index in [4.69, 9.17) is 10.00 Å². The van der Waals surface area contributed by atoms with Crippen LogP contribution in [0.1, 0.15) is 5.56 Å². The second-order valence-corrected chi connectivity index (χ2v) is 4.21. The molecular formula is C13H15N3O2. The summed E-state index contributed by atoms with van der Waals surface area (Å²) in [5.41, 5.74) is 1.81. The summed E-state index contributed by atoms with van der Waals surface area (Å²) in [6.07, 6.45) is 0. The molecule has 5 heteroatoms. The van der Waals surface area contributed by atoms with Crippen LogP contribution in [0.5, 0.6) is 0 Å². The van der Waals surface area contributed by atoms with Crippen LogP contribution in [-0.2, 0) is 4.74 Å². The lowest BCUT2D eigenvalue weighted by Crippen LogP contribution is -2.49. The standard InChI is InChI=1S/C13H15N3O2/c1-10-3-2-4-11(7-10)15-13(17)16-5-6-18-9-12(16)8-14/h2-4,7,12H,5-6,9H2,1H3,(H,15,17). The Morgan fingerprint density at radius 2 is 2.44 bits per heavy atom. The molecule has 0 spiro atoms. The van der Waals surface area contributed by atoms with Gasteiger partial charge >= 0.3 is 6.03 Å². The summed E-state index contributed by atoms with van der Waals surface area (Å²) in [5, 5.41) is 11.8. The van der Waals surface area contributed by atoms with Crippen LogP contribution in [-0.4, -0.2) is 36.7 Å². The molecule has 94 valence electrons. The Morgan fingerprint density at radius 1 is 1.61 bits per heavy atom. The summed E-state index contributed by atoms with van der Waals surface area (Å²) in [6, 6.07) is 8.86. The molecule has 0 bridgehead atoms. The second-order valence-electron chi connectivity index (χ2n) is 4.21. The number of nitriles is 1. The SMILES string of the molecule is Cc1cccc(NC(=O)N2CCOCC2C#N)c1. The van der Waals surface area contributed by atoms with Gasteiger partial charge in [0.15, 0.2) is 0 Å². The predicted octanol–water partition coefficient (Wildman–Crippen LogP) is 1.75. The van der Waals surface area contributed by atoms with Crippen LogP contribution in [0.4, 0.5) is 10.5 Å². The molecule has 1 unspecified atom stereocenters. The Balaban J connectivity index is 2.05. The third kappa shape index (κ3) is 2.79. The third-order valence-corrected chi connectivity index (χ3v) is 2.81. The van der Waals surface area contributed by atoms with Gasteiger partial charge in [0.1, 0.15) is 6.04 Å². The lowest BCUT2D eigenvalue weighted by Gasteiger charge is -2.31. The molecule has 2 rings (SSSR count). The van der Waals surface area contributed by atoms with Gasteiger partial charge in [-0.1, -0.05) is 12.1 Å². The van der Waals surface area contributed by atoms with E-state index in [0.29, 0.717) is 13.2 Å². The monoisotopic (exact) mass is 245 g/mol. The summed E-state index contributed by atoms with van der Waals surface area (Å²) in [7, 11) is 0. The number of nitrogens with one attached hydrogen (secondary N) is 1. The van der Waals surface area contributed by atoms with Crippen molar-refractivity contribution in [1.29, 1.82) is 5.26 Å². The molecule has 0 saturated carbocycles. The topological polar surface area (TPSA) is 65.4 Å². The number of hydrogen-bond donors (Lipinski definition) is 1. The Labute approximate surface area is 106 Å². The van der Waals surface area contributed by atoms with Gasteiger partial charge in [-0.15, -0.1) is 0 Å². The van der Waals surface area contributed by atoms with Crippen molar-refractivity contribution in [3.05, 3.63) is 29.8 Å². The number of morpholine rings is 1. The maximum Gasteiger partial charge on any atom is 0.323 e. The maximum atomic E-state index is 12.1. The molecule has 18 heavy (non-hydrogen) atoms. The molecule has 0 radical (unpaired) electrons. The smallest absolute Gasteiger partial charge is 0.323 e. The van der Waals surface area contributed by atoms with Gasteiger partial charge in [0.2, 0.25) is 0 Å². The summed E-state index contributed by atoms with van der Waals surface area (Å²) in [5.74, 6) is 0. The van der Waals surface area contributed by atoms with Crippen molar-refractivity contribution >= 4 is 11.7 Å². The summed E-state index contributed by atoms with van der Waals surface area (Å²) >= 11 is 0. The molecule has 1 saturated heterocycles. The number of rotatable bonds is 1. The van der Waals surface area contributed by atoms with E-state index in [0.717, 1.165) is 11.3 Å². The Bertz CT molecular complexity index is 481. The molecular weight excluding hydrogens is 230 g/mol.